The van der Waals surface area contributed by atoms with Crippen molar-refractivity contribution in [1.82, 2.24) is 0 Å². The van der Waals surface area contributed by atoms with E-state index in [0.717, 1.165) is 0 Å². The van der Waals surface area contributed by atoms with E-state index in [2.05, 4.69) is 72.7 Å². The highest BCUT2D eigenvalue weighted by atomic mass is 14.2. The molecule has 0 amide bonds. The molecular weight excluding hydrogens is 240 g/mol. The third-order valence-corrected chi connectivity index (χ3v) is 4.44. The molecule has 0 unspecified atom stereocenters. The highest BCUT2D eigenvalue weighted by molar-refractivity contribution is 5.73. The van der Waals surface area contributed by atoms with Gasteiger partial charge in [0.15, 0.2) is 0 Å². The fraction of sp³-hybridized carbons (Fsp3) is 0.400. The van der Waals surface area contributed by atoms with Gasteiger partial charge in [-0.25, -0.2) is 0 Å². The number of benzene rings is 2. The van der Waals surface area contributed by atoms with Gasteiger partial charge in [-0.1, -0.05) is 38.1 Å². The molecule has 0 bridgehead atoms. The normalized spacial score (nSPS) is 11.2. The molecular formula is C20H26. The molecule has 0 atom stereocenters. The van der Waals surface area contributed by atoms with Crippen LogP contribution in [-0.4, -0.2) is 0 Å². The maximum atomic E-state index is 2.34. The van der Waals surface area contributed by atoms with Crippen molar-refractivity contribution in [3.05, 3.63) is 57.6 Å². The molecule has 2 aromatic rings. The minimum Gasteiger partial charge on any atom is -0.0587 e. The van der Waals surface area contributed by atoms with Crippen LogP contribution in [0.1, 0.15) is 53.1 Å². The molecule has 0 spiro atoms. The number of rotatable bonds is 2. The quantitative estimate of drug-likeness (QED) is 0.623. The van der Waals surface area contributed by atoms with Crippen LogP contribution in [0, 0.1) is 34.6 Å². The summed E-state index contributed by atoms with van der Waals surface area (Å²) in [6.07, 6.45) is 0. The Kier molecular flexibility index (Phi) is 4.04. The minimum atomic E-state index is 0.586. The van der Waals surface area contributed by atoms with Gasteiger partial charge in [0.1, 0.15) is 0 Å². The first-order chi connectivity index (χ1) is 9.31. The van der Waals surface area contributed by atoms with Crippen molar-refractivity contribution >= 4 is 0 Å². The second-order valence-corrected chi connectivity index (χ2v) is 6.42. The average Bonchev–Trinajstić information content (AvgIpc) is 2.34. The fourth-order valence-corrected chi connectivity index (χ4v) is 2.97. The number of hydrogen-bond acceptors (Lipinski definition) is 0. The van der Waals surface area contributed by atoms with Crippen molar-refractivity contribution in [2.45, 2.75) is 54.4 Å². The summed E-state index contributed by atoms with van der Waals surface area (Å²) >= 11 is 0. The topological polar surface area (TPSA) is 0 Å². The van der Waals surface area contributed by atoms with Crippen LogP contribution in [0.15, 0.2) is 24.3 Å². The Morgan fingerprint density at radius 3 is 1.50 bits per heavy atom. The molecule has 0 saturated heterocycles. The summed E-state index contributed by atoms with van der Waals surface area (Å²) in [6.45, 7) is 15.6. The van der Waals surface area contributed by atoms with E-state index in [-0.39, 0.29) is 0 Å². The molecule has 0 heterocycles. The van der Waals surface area contributed by atoms with Gasteiger partial charge in [0, 0.05) is 0 Å². The zero-order valence-corrected chi connectivity index (χ0v) is 13.9. The van der Waals surface area contributed by atoms with E-state index in [1.54, 1.807) is 0 Å². The first-order valence-corrected chi connectivity index (χ1v) is 7.50. The molecule has 0 aliphatic carbocycles. The van der Waals surface area contributed by atoms with Gasteiger partial charge in [-0.2, -0.15) is 0 Å². The smallest absolute Gasteiger partial charge is 0.0125 e. The fourth-order valence-electron chi connectivity index (χ4n) is 2.97. The van der Waals surface area contributed by atoms with Crippen LogP contribution in [0.5, 0.6) is 0 Å². The lowest BCUT2D eigenvalue weighted by atomic mass is 9.88. The van der Waals surface area contributed by atoms with E-state index in [4.69, 9.17) is 0 Å². The predicted molar refractivity (Wildman–Crippen MR) is 89.7 cm³/mol. The molecule has 0 heteroatoms. The SMILES string of the molecule is Cc1cc(-c2c(C)cc(C(C)C)cc2C)cc(C)c1C. The third kappa shape index (κ3) is 2.65. The predicted octanol–water partition coefficient (Wildman–Crippen LogP) is 6.02. The average molecular weight is 266 g/mol. The summed E-state index contributed by atoms with van der Waals surface area (Å²) in [5, 5.41) is 0. The van der Waals surface area contributed by atoms with Crippen molar-refractivity contribution < 1.29 is 0 Å². The van der Waals surface area contributed by atoms with Gasteiger partial charge in [-0.15, -0.1) is 0 Å². The van der Waals surface area contributed by atoms with Gasteiger partial charge >= 0.3 is 0 Å². The van der Waals surface area contributed by atoms with E-state index in [0.29, 0.717) is 5.92 Å². The lowest BCUT2D eigenvalue weighted by Crippen LogP contribution is -1.96. The lowest BCUT2D eigenvalue weighted by Gasteiger charge is -2.17. The molecule has 0 saturated carbocycles. The van der Waals surface area contributed by atoms with Crippen molar-refractivity contribution in [2.24, 2.45) is 0 Å². The van der Waals surface area contributed by atoms with Crippen LogP contribution in [0.2, 0.25) is 0 Å². The second kappa shape index (κ2) is 5.44. The van der Waals surface area contributed by atoms with E-state index < -0.39 is 0 Å². The molecule has 20 heavy (non-hydrogen) atoms. The van der Waals surface area contributed by atoms with Gasteiger partial charge in [0.05, 0.1) is 0 Å². The van der Waals surface area contributed by atoms with Gasteiger partial charge < -0.3 is 0 Å². The monoisotopic (exact) mass is 266 g/mol. The maximum absolute atomic E-state index is 2.34. The molecule has 2 aromatic carbocycles. The molecule has 0 nitrogen and oxygen atoms in total. The Morgan fingerprint density at radius 1 is 0.650 bits per heavy atom. The van der Waals surface area contributed by atoms with Crippen LogP contribution in [0.3, 0.4) is 0 Å². The Bertz CT molecular complexity index is 599. The van der Waals surface area contributed by atoms with Crippen LogP contribution in [0.25, 0.3) is 11.1 Å². The van der Waals surface area contributed by atoms with Crippen LogP contribution >= 0.6 is 0 Å². The van der Waals surface area contributed by atoms with E-state index >= 15 is 0 Å². The Labute approximate surface area is 123 Å². The maximum Gasteiger partial charge on any atom is -0.0125 e. The standard InChI is InChI=1S/C20H26/c1-12(2)18-10-15(5)20(16(6)11-18)19-8-13(3)17(7)14(4)9-19/h8-12H,1-7H3. The Morgan fingerprint density at radius 2 is 1.10 bits per heavy atom. The molecule has 0 aromatic heterocycles. The lowest BCUT2D eigenvalue weighted by molar-refractivity contribution is 0.863. The Hall–Kier alpha value is -1.56. The first-order valence-electron chi connectivity index (χ1n) is 7.50. The van der Waals surface area contributed by atoms with E-state index in [9.17, 15) is 0 Å². The number of hydrogen-bond donors (Lipinski definition) is 0. The first kappa shape index (κ1) is 14.8. The van der Waals surface area contributed by atoms with Gasteiger partial charge in [0.25, 0.3) is 0 Å². The molecule has 0 N–H and O–H groups in total. The van der Waals surface area contributed by atoms with Crippen LogP contribution in [-0.2, 0) is 0 Å². The minimum absolute atomic E-state index is 0.586. The van der Waals surface area contributed by atoms with Crippen molar-refractivity contribution in [3.8, 4) is 11.1 Å². The van der Waals surface area contributed by atoms with Crippen molar-refractivity contribution in [2.75, 3.05) is 0 Å². The largest absolute Gasteiger partial charge is 0.0587 e. The van der Waals surface area contributed by atoms with Gasteiger partial charge in [-0.3, -0.25) is 0 Å². The number of aryl methyl sites for hydroxylation is 4. The summed E-state index contributed by atoms with van der Waals surface area (Å²) in [5.74, 6) is 0.586. The molecule has 0 fully saturated rings. The van der Waals surface area contributed by atoms with E-state index in [1.807, 2.05) is 0 Å². The highest BCUT2D eigenvalue weighted by Gasteiger charge is 2.11. The summed E-state index contributed by atoms with van der Waals surface area (Å²) < 4.78 is 0. The van der Waals surface area contributed by atoms with Gasteiger partial charge in [0.2, 0.25) is 0 Å². The zero-order chi connectivity index (χ0) is 15.0. The Balaban J connectivity index is 2.64. The summed E-state index contributed by atoms with van der Waals surface area (Å²) in [5.41, 5.74) is 11.1. The molecule has 0 aliphatic heterocycles. The summed E-state index contributed by atoms with van der Waals surface area (Å²) in [4.78, 5) is 0. The third-order valence-electron chi connectivity index (χ3n) is 4.44. The second-order valence-electron chi connectivity index (χ2n) is 6.42. The molecule has 0 radical (unpaired) electrons. The molecule has 2 rings (SSSR count). The summed E-state index contributed by atoms with van der Waals surface area (Å²) in [6, 6.07) is 9.34. The van der Waals surface area contributed by atoms with Crippen LogP contribution < -0.4 is 0 Å². The van der Waals surface area contributed by atoms with Crippen molar-refractivity contribution in [3.63, 3.8) is 0 Å². The summed E-state index contributed by atoms with van der Waals surface area (Å²) in [7, 11) is 0. The molecule has 0 aliphatic rings. The zero-order valence-electron chi connectivity index (χ0n) is 13.9. The van der Waals surface area contributed by atoms with Gasteiger partial charge in [-0.05, 0) is 85.0 Å². The van der Waals surface area contributed by atoms with E-state index in [1.165, 1.54) is 44.5 Å². The van der Waals surface area contributed by atoms with Crippen LogP contribution in [0.4, 0.5) is 0 Å². The molecule has 106 valence electrons. The van der Waals surface area contributed by atoms with Crippen molar-refractivity contribution in [1.29, 1.82) is 0 Å². The highest BCUT2D eigenvalue weighted by Crippen LogP contribution is 2.32.